The van der Waals surface area contributed by atoms with E-state index in [0.29, 0.717) is 16.8 Å². The highest BCUT2D eigenvalue weighted by Crippen LogP contribution is 2.74. The number of aryl methyl sites for hydroxylation is 1. The number of pyridine rings is 1. The van der Waals surface area contributed by atoms with Crippen molar-refractivity contribution in [2.24, 2.45) is 10.8 Å². The summed E-state index contributed by atoms with van der Waals surface area (Å²) in [6.45, 7) is 10.1. The van der Waals surface area contributed by atoms with Crippen LogP contribution in [0.1, 0.15) is 46.1 Å². The first-order chi connectivity index (χ1) is 11.4. The average Bonchev–Trinajstić information content (AvgIpc) is 2.99. The van der Waals surface area contributed by atoms with Gasteiger partial charge in [-0.2, -0.15) is 0 Å². The maximum Gasteiger partial charge on any atom is 0.408 e. The highest BCUT2D eigenvalue weighted by molar-refractivity contribution is 9.10. The molecule has 1 aromatic rings. The van der Waals surface area contributed by atoms with Gasteiger partial charge in [0.25, 0.3) is 0 Å². The summed E-state index contributed by atoms with van der Waals surface area (Å²) in [7, 11) is 0. The molecule has 0 radical (unpaired) electrons. The molecule has 1 saturated heterocycles. The van der Waals surface area contributed by atoms with Crippen LogP contribution in [0.4, 0.5) is 10.6 Å². The van der Waals surface area contributed by atoms with E-state index in [0.717, 1.165) is 12.0 Å². The molecular weight excluding hydrogens is 386 g/mol. The Bertz CT molecular complexity index is 760. The second-order valence-corrected chi connectivity index (χ2v) is 9.32. The number of nitrogens with zero attached hydrogens (tertiary/aromatic N) is 2. The number of amides is 2. The second kappa shape index (κ2) is 5.43. The molecule has 0 aromatic carbocycles. The molecule has 2 N–H and O–H groups in total. The van der Waals surface area contributed by atoms with E-state index in [1.807, 2.05) is 13.0 Å². The van der Waals surface area contributed by atoms with E-state index in [1.54, 1.807) is 6.07 Å². The molecule has 7 heteroatoms. The van der Waals surface area contributed by atoms with E-state index in [9.17, 15) is 14.7 Å². The maximum atomic E-state index is 12.9. The van der Waals surface area contributed by atoms with Gasteiger partial charge in [-0.15, -0.1) is 0 Å². The minimum Gasteiger partial charge on any atom is -0.465 e. The fourth-order valence-corrected chi connectivity index (χ4v) is 5.10. The van der Waals surface area contributed by atoms with E-state index in [4.69, 9.17) is 0 Å². The van der Waals surface area contributed by atoms with Crippen molar-refractivity contribution in [3.63, 3.8) is 0 Å². The van der Waals surface area contributed by atoms with Gasteiger partial charge < -0.3 is 10.4 Å². The number of halogens is 1. The summed E-state index contributed by atoms with van der Waals surface area (Å²) in [6, 6.07) is 2.95. The first-order valence-corrected chi connectivity index (χ1v) is 9.18. The Morgan fingerprint density at radius 2 is 2.04 bits per heavy atom. The highest BCUT2D eigenvalue weighted by atomic mass is 79.9. The van der Waals surface area contributed by atoms with Gasteiger partial charge in [-0.25, -0.2) is 9.78 Å². The Balaban J connectivity index is 1.91. The van der Waals surface area contributed by atoms with Gasteiger partial charge in [-0.3, -0.25) is 9.69 Å². The molecule has 2 fully saturated rings. The van der Waals surface area contributed by atoms with Crippen LogP contribution in [-0.2, 0) is 4.79 Å². The summed E-state index contributed by atoms with van der Waals surface area (Å²) in [6.07, 6.45) is 0.304. The van der Waals surface area contributed by atoms with Crippen molar-refractivity contribution in [2.45, 2.75) is 59.0 Å². The van der Waals surface area contributed by atoms with E-state index in [-0.39, 0.29) is 16.7 Å². The van der Waals surface area contributed by atoms with Crippen LogP contribution in [-0.4, -0.2) is 38.6 Å². The molecule has 2 amide bonds. The summed E-state index contributed by atoms with van der Waals surface area (Å²) in [5.41, 5.74) is -0.0590. The molecule has 0 spiro atoms. The number of rotatable bonds is 2. The fourth-order valence-electron chi connectivity index (χ4n) is 4.79. The molecule has 1 aliphatic heterocycles. The fraction of sp³-hybridized carbons (Fsp3) is 0.611. The van der Waals surface area contributed by atoms with Crippen LogP contribution < -0.4 is 5.32 Å². The minimum atomic E-state index is -1.03. The summed E-state index contributed by atoms with van der Waals surface area (Å²) < 4.78 is 0.621. The van der Waals surface area contributed by atoms with E-state index in [2.05, 4.69) is 53.9 Å². The zero-order valence-electron chi connectivity index (χ0n) is 15.2. The Morgan fingerprint density at radius 3 is 2.60 bits per heavy atom. The molecule has 0 unspecified atom stereocenters. The molecule has 2 heterocycles. The van der Waals surface area contributed by atoms with Crippen molar-refractivity contribution in [3.8, 4) is 0 Å². The molecule has 0 bridgehead atoms. The van der Waals surface area contributed by atoms with Crippen LogP contribution in [0.5, 0.6) is 0 Å². The topological polar surface area (TPSA) is 82.5 Å². The van der Waals surface area contributed by atoms with Gasteiger partial charge in [-0.05, 0) is 58.2 Å². The predicted molar refractivity (Wildman–Crippen MR) is 98.5 cm³/mol. The molecule has 3 rings (SSSR count). The zero-order valence-corrected chi connectivity index (χ0v) is 16.8. The largest absolute Gasteiger partial charge is 0.465 e. The Morgan fingerprint density at radius 1 is 1.40 bits per heavy atom. The highest BCUT2D eigenvalue weighted by Gasteiger charge is 2.79. The van der Waals surface area contributed by atoms with Crippen LogP contribution >= 0.6 is 15.9 Å². The average molecular weight is 410 g/mol. The number of likely N-dealkylation sites (tertiary alicyclic amines) is 1. The number of carbonyl (C=O) groups excluding carboxylic acids is 1. The number of hydrogen-bond donors (Lipinski definition) is 2. The summed E-state index contributed by atoms with van der Waals surface area (Å²) in [4.78, 5) is 30.6. The number of piperidine rings is 1. The monoisotopic (exact) mass is 409 g/mol. The molecule has 25 heavy (non-hydrogen) atoms. The number of carboxylic acid groups (broad SMARTS) is 1. The van der Waals surface area contributed by atoms with Crippen LogP contribution in [0.2, 0.25) is 0 Å². The third-order valence-corrected chi connectivity index (χ3v) is 6.38. The normalized spacial score (nSPS) is 30.8. The zero-order chi connectivity index (χ0) is 18.8. The van der Waals surface area contributed by atoms with Crippen LogP contribution in [0.15, 0.2) is 16.7 Å². The Kier molecular flexibility index (Phi) is 3.95. The van der Waals surface area contributed by atoms with Crippen molar-refractivity contribution in [3.05, 3.63) is 22.3 Å². The van der Waals surface area contributed by atoms with Crippen LogP contribution in [0.3, 0.4) is 0 Å². The lowest BCUT2D eigenvalue weighted by molar-refractivity contribution is -0.121. The Labute approximate surface area is 156 Å². The third-order valence-electron chi connectivity index (χ3n) is 5.94. The lowest BCUT2D eigenvalue weighted by atomic mass is 9.79. The Hall–Kier alpha value is -1.63. The lowest BCUT2D eigenvalue weighted by Gasteiger charge is -2.40. The number of nitrogens with one attached hydrogen (secondary N) is 1. The van der Waals surface area contributed by atoms with Gasteiger partial charge in [-0.1, -0.05) is 33.8 Å². The summed E-state index contributed by atoms with van der Waals surface area (Å²) in [5, 5.41) is 12.7. The first-order valence-electron chi connectivity index (χ1n) is 8.39. The van der Waals surface area contributed by atoms with Gasteiger partial charge in [0.15, 0.2) is 0 Å². The van der Waals surface area contributed by atoms with Gasteiger partial charge in [0.05, 0.1) is 5.54 Å². The number of hydrogen-bond acceptors (Lipinski definition) is 3. The van der Waals surface area contributed by atoms with Gasteiger partial charge in [0.1, 0.15) is 16.5 Å². The molecule has 2 aliphatic rings. The number of carbonyl (C=O) groups is 2. The first kappa shape index (κ1) is 18.2. The van der Waals surface area contributed by atoms with E-state index in [1.165, 1.54) is 4.90 Å². The molecular formula is C18H24BrN3O3. The standard InChI is InChI=1S/C18H24BrN3O3/c1-10-6-7-12(19)20-13(10)21-14(23)11-8-17(5)9-18(17,16(2,3)4)22(11)15(24)25/h6-7,11H,8-9H2,1-5H3,(H,24,25)(H,20,21,23)/t11-,17+,18+/m0/s1. The van der Waals surface area contributed by atoms with Gasteiger partial charge in [0.2, 0.25) is 5.91 Å². The van der Waals surface area contributed by atoms with Crippen LogP contribution in [0, 0.1) is 17.8 Å². The smallest absolute Gasteiger partial charge is 0.408 e. The van der Waals surface area contributed by atoms with Crippen molar-refractivity contribution < 1.29 is 14.7 Å². The SMILES string of the molecule is Cc1ccc(Br)nc1NC(=O)[C@@H]1C[C@]2(C)C[C@]2(C(C)(C)C)N1C(=O)O. The number of fused-ring (bicyclic) bond motifs is 1. The molecule has 1 saturated carbocycles. The van der Waals surface area contributed by atoms with Crippen LogP contribution in [0.25, 0.3) is 0 Å². The summed E-state index contributed by atoms with van der Waals surface area (Å²) >= 11 is 3.30. The quantitative estimate of drug-likeness (QED) is 0.721. The second-order valence-electron chi connectivity index (χ2n) is 8.51. The van der Waals surface area contributed by atoms with Crippen molar-refractivity contribution in [2.75, 3.05) is 5.32 Å². The third kappa shape index (κ3) is 2.55. The molecule has 6 nitrogen and oxygen atoms in total. The van der Waals surface area contributed by atoms with Crippen molar-refractivity contribution in [1.29, 1.82) is 0 Å². The van der Waals surface area contributed by atoms with Crippen molar-refractivity contribution in [1.82, 2.24) is 9.88 Å². The predicted octanol–water partition coefficient (Wildman–Crippen LogP) is 4.04. The van der Waals surface area contributed by atoms with Gasteiger partial charge >= 0.3 is 6.09 Å². The van der Waals surface area contributed by atoms with Crippen molar-refractivity contribution >= 4 is 33.7 Å². The minimum absolute atomic E-state index is 0.161. The van der Waals surface area contributed by atoms with E-state index >= 15 is 0 Å². The van der Waals surface area contributed by atoms with Gasteiger partial charge in [0, 0.05) is 0 Å². The molecule has 136 valence electrons. The molecule has 3 atom stereocenters. The number of aromatic nitrogens is 1. The lowest BCUT2D eigenvalue weighted by Crippen LogP contribution is -2.54. The van der Waals surface area contributed by atoms with E-state index < -0.39 is 17.7 Å². The molecule has 1 aliphatic carbocycles. The maximum absolute atomic E-state index is 12.9. The summed E-state index contributed by atoms with van der Waals surface area (Å²) in [5.74, 6) is 0.147. The molecule has 1 aromatic heterocycles. The number of anilines is 1.